The lowest BCUT2D eigenvalue weighted by atomic mass is 9.75. The number of rotatable bonds is 2. The Morgan fingerprint density at radius 1 is 1.00 bits per heavy atom. The van der Waals surface area contributed by atoms with Crippen LogP contribution in [0.1, 0.15) is 12.8 Å². The lowest BCUT2D eigenvalue weighted by Crippen LogP contribution is -2.64. The van der Waals surface area contributed by atoms with E-state index in [1.54, 1.807) is 0 Å². The largest absolute Gasteiger partial charge is 0.335 e. The van der Waals surface area contributed by atoms with Gasteiger partial charge in [-0.3, -0.25) is 0 Å². The van der Waals surface area contributed by atoms with Crippen molar-refractivity contribution in [1.82, 2.24) is 0 Å². The summed E-state index contributed by atoms with van der Waals surface area (Å²) >= 11 is 0.574. The second kappa shape index (κ2) is 4.72. The molecule has 0 spiro atoms. The van der Waals surface area contributed by atoms with Gasteiger partial charge in [-0.15, -0.1) is 0 Å². The summed E-state index contributed by atoms with van der Waals surface area (Å²) in [5.41, 5.74) is -4.46. The molecule has 0 N–H and O–H groups in total. The normalized spacial score (nSPS) is 37.7. The highest BCUT2D eigenvalue weighted by molar-refractivity contribution is 14.1. The zero-order valence-corrected chi connectivity index (χ0v) is 12.7. The molecule has 1 aliphatic carbocycles. The van der Waals surface area contributed by atoms with Gasteiger partial charge in [0.2, 0.25) is 5.67 Å². The zero-order chi connectivity index (χ0) is 14.6. The molecule has 18 heavy (non-hydrogen) atoms. The standard InChI is InChI=1S/C8H6F8I2/c9-4-3(7(13,14)17)1-2-5(10,6(4,11)12)8(15,16)18/h3-4H,1-2H2. The third kappa shape index (κ3) is 2.55. The number of halogens is 10. The maximum Gasteiger partial charge on any atom is 0.335 e. The molecule has 1 fully saturated rings. The van der Waals surface area contributed by atoms with Crippen molar-refractivity contribution in [3.8, 4) is 0 Å². The second-order valence-electron chi connectivity index (χ2n) is 4.01. The Kier molecular flexibility index (Phi) is 4.45. The van der Waals surface area contributed by atoms with Crippen molar-refractivity contribution >= 4 is 45.2 Å². The van der Waals surface area contributed by atoms with E-state index in [4.69, 9.17) is 0 Å². The third-order valence-corrected chi connectivity index (χ3v) is 4.55. The van der Waals surface area contributed by atoms with Gasteiger partial charge in [-0.1, -0.05) is 0 Å². The summed E-state index contributed by atoms with van der Waals surface area (Å²) in [5, 5.41) is 0. The van der Waals surface area contributed by atoms with E-state index < -0.39 is 44.4 Å². The second-order valence-corrected chi connectivity index (χ2v) is 6.80. The molecular formula is C8H6F8I2. The van der Waals surface area contributed by atoms with Crippen LogP contribution in [0.15, 0.2) is 0 Å². The van der Waals surface area contributed by atoms with E-state index >= 15 is 0 Å². The molecule has 0 bridgehead atoms. The Bertz CT molecular complexity index is 322. The predicted octanol–water partition coefficient (Wildman–Crippen LogP) is 5.13. The molecule has 0 aliphatic heterocycles. The molecule has 3 unspecified atom stereocenters. The molecule has 3 atom stereocenters. The van der Waals surface area contributed by atoms with E-state index in [0.29, 0.717) is 22.6 Å². The summed E-state index contributed by atoms with van der Waals surface area (Å²) in [6.07, 6.45) is -6.27. The third-order valence-electron chi connectivity index (χ3n) is 2.90. The maximum absolute atomic E-state index is 13.7. The van der Waals surface area contributed by atoms with E-state index in [2.05, 4.69) is 0 Å². The monoisotopic (exact) mass is 508 g/mol. The fourth-order valence-electron chi connectivity index (χ4n) is 1.80. The molecule has 0 aromatic heterocycles. The first-order valence-corrected chi connectivity index (χ1v) is 6.75. The minimum Gasteiger partial charge on any atom is -0.240 e. The molecule has 0 aromatic carbocycles. The molecule has 0 nitrogen and oxygen atoms in total. The van der Waals surface area contributed by atoms with Crippen LogP contribution in [0.4, 0.5) is 35.1 Å². The van der Waals surface area contributed by atoms with Crippen molar-refractivity contribution in [2.45, 2.75) is 38.5 Å². The van der Waals surface area contributed by atoms with Gasteiger partial charge in [-0.2, -0.15) is 26.3 Å². The Morgan fingerprint density at radius 3 is 1.78 bits per heavy atom. The van der Waals surface area contributed by atoms with E-state index in [0.717, 1.165) is 0 Å². The van der Waals surface area contributed by atoms with Crippen LogP contribution in [0.5, 0.6) is 0 Å². The van der Waals surface area contributed by atoms with Crippen molar-refractivity contribution in [2.75, 3.05) is 0 Å². The Balaban J connectivity index is 3.16. The summed E-state index contributed by atoms with van der Waals surface area (Å²) in [4.78, 5) is 0. The van der Waals surface area contributed by atoms with Crippen molar-refractivity contribution in [1.29, 1.82) is 0 Å². The van der Waals surface area contributed by atoms with E-state index in [1.807, 2.05) is 0 Å². The Morgan fingerprint density at radius 2 is 1.44 bits per heavy atom. The van der Waals surface area contributed by atoms with Gasteiger partial charge in [0.05, 0.1) is 5.92 Å². The fourth-order valence-corrected chi connectivity index (χ4v) is 3.06. The smallest absolute Gasteiger partial charge is 0.240 e. The molecule has 1 rings (SSSR count). The minimum absolute atomic E-state index is 0.132. The van der Waals surface area contributed by atoms with E-state index in [1.165, 1.54) is 0 Å². The van der Waals surface area contributed by atoms with Crippen molar-refractivity contribution in [3.05, 3.63) is 0 Å². The van der Waals surface area contributed by atoms with Crippen molar-refractivity contribution < 1.29 is 35.1 Å². The zero-order valence-electron chi connectivity index (χ0n) is 8.35. The van der Waals surface area contributed by atoms with Crippen LogP contribution in [0.2, 0.25) is 0 Å². The van der Waals surface area contributed by atoms with E-state index in [-0.39, 0.29) is 22.6 Å². The van der Waals surface area contributed by atoms with Crippen LogP contribution in [0.25, 0.3) is 0 Å². The van der Waals surface area contributed by atoms with Crippen molar-refractivity contribution in [2.24, 2.45) is 5.92 Å². The van der Waals surface area contributed by atoms with Crippen molar-refractivity contribution in [3.63, 3.8) is 0 Å². The summed E-state index contributed by atoms with van der Waals surface area (Å²) in [5.74, 6) is -7.66. The quantitative estimate of drug-likeness (QED) is 0.276. The van der Waals surface area contributed by atoms with Crippen LogP contribution in [0.3, 0.4) is 0 Å². The van der Waals surface area contributed by atoms with Gasteiger partial charge >= 0.3 is 13.8 Å². The van der Waals surface area contributed by atoms with Gasteiger partial charge in [0.25, 0.3) is 0 Å². The average Bonchev–Trinajstić information content (AvgIpc) is 2.11. The van der Waals surface area contributed by atoms with Gasteiger partial charge in [-0.05, 0) is 35.4 Å². The van der Waals surface area contributed by atoms with Crippen LogP contribution in [0, 0.1) is 5.92 Å². The number of hydrogen-bond acceptors (Lipinski definition) is 0. The molecule has 10 heteroatoms. The average molecular weight is 508 g/mol. The SMILES string of the molecule is FC1C(C(F)(F)I)CCC(F)(C(F)(F)I)C1(F)F. The molecule has 1 saturated carbocycles. The minimum atomic E-state index is -5.17. The Hall–Kier alpha value is 0.900. The molecule has 0 aromatic rings. The lowest BCUT2D eigenvalue weighted by molar-refractivity contribution is -0.271. The van der Waals surface area contributed by atoms with Gasteiger partial charge < -0.3 is 0 Å². The molecule has 0 saturated heterocycles. The topological polar surface area (TPSA) is 0 Å². The molecule has 0 heterocycles. The lowest BCUT2D eigenvalue weighted by Gasteiger charge is -2.45. The van der Waals surface area contributed by atoms with Gasteiger partial charge in [-0.25, -0.2) is 8.78 Å². The molecule has 0 amide bonds. The van der Waals surface area contributed by atoms with Crippen LogP contribution < -0.4 is 0 Å². The van der Waals surface area contributed by atoms with Crippen LogP contribution in [-0.2, 0) is 0 Å². The molecule has 1 aliphatic rings. The number of hydrogen-bond donors (Lipinski definition) is 0. The molecule has 108 valence electrons. The highest BCUT2D eigenvalue weighted by atomic mass is 127. The molecule has 0 radical (unpaired) electrons. The first-order valence-electron chi connectivity index (χ1n) is 4.59. The maximum atomic E-state index is 13.7. The van der Waals surface area contributed by atoms with Gasteiger partial charge in [0.1, 0.15) is 0 Å². The fraction of sp³-hybridized carbons (Fsp3) is 1.00. The number of alkyl halides is 10. The predicted molar refractivity (Wildman–Crippen MR) is 64.3 cm³/mol. The summed E-state index contributed by atoms with van der Waals surface area (Å²) in [7, 11) is 0. The molecular weight excluding hydrogens is 502 g/mol. The van der Waals surface area contributed by atoms with Gasteiger partial charge in [0, 0.05) is 22.6 Å². The van der Waals surface area contributed by atoms with Crippen LogP contribution >= 0.6 is 45.2 Å². The highest BCUT2D eigenvalue weighted by Gasteiger charge is 2.76. The summed E-state index contributed by atoms with van der Waals surface area (Å²) in [6.45, 7) is 0. The highest BCUT2D eigenvalue weighted by Crippen LogP contribution is 2.59. The van der Waals surface area contributed by atoms with E-state index in [9.17, 15) is 35.1 Å². The van der Waals surface area contributed by atoms with Gasteiger partial charge in [0.15, 0.2) is 6.17 Å². The summed E-state index contributed by atoms with van der Waals surface area (Å²) < 4.78 is 96.7. The first kappa shape index (κ1) is 17.0. The Labute approximate surface area is 124 Å². The first-order chi connectivity index (χ1) is 7.75. The summed E-state index contributed by atoms with van der Waals surface area (Å²) in [6, 6.07) is 0. The van der Waals surface area contributed by atoms with Crippen LogP contribution in [-0.4, -0.2) is 25.6 Å².